The van der Waals surface area contributed by atoms with E-state index in [9.17, 15) is 14.0 Å². The number of hydrogen-bond donors (Lipinski definition) is 0. The normalized spacial score (nSPS) is 19.1. The average molecular weight is 418 g/mol. The SMILES string of the molecule is O=C1CCCC2=C1C(c1ccccc1OCc1ccccc1F)C1=C(CCCC1=O)O2. The summed E-state index contributed by atoms with van der Waals surface area (Å²) in [5, 5.41) is 0. The number of hydrogen-bond acceptors (Lipinski definition) is 4. The predicted molar refractivity (Wildman–Crippen MR) is 113 cm³/mol. The van der Waals surface area contributed by atoms with E-state index in [4.69, 9.17) is 9.47 Å². The quantitative estimate of drug-likeness (QED) is 0.655. The van der Waals surface area contributed by atoms with Crippen molar-refractivity contribution in [3.8, 4) is 5.75 Å². The van der Waals surface area contributed by atoms with E-state index in [2.05, 4.69) is 0 Å². The molecule has 0 bridgehead atoms. The van der Waals surface area contributed by atoms with Crippen LogP contribution in [0, 0.1) is 5.82 Å². The van der Waals surface area contributed by atoms with E-state index in [0.29, 0.717) is 59.7 Å². The number of benzene rings is 2. The summed E-state index contributed by atoms with van der Waals surface area (Å²) in [4.78, 5) is 25.9. The Bertz CT molecular complexity index is 1090. The standard InChI is InChI=1S/C26H23FO4/c27-18-9-3-1-7-16(18)15-30-21-12-4-2-8-17(21)24-25-19(28)10-5-13-22(25)31-23-14-6-11-20(29)26(23)24/h1-4,7-9,12,24H,5-6,10-11,13-15H2. The number of carbonyl (C=O) groups excluding carboxylic acids is 2. The third-order valence-corrected chi connectivity index (χ3v) is 6.21. The van der Waals surface area contributed by atoms with Crippen LogP contribution >= 0.6 is 0 Å². The van der Waals surface area contributed by atoms with E-state index in [1.54, 1.807) is 18.2 Å². The maximum atomic E-state index is 14.1. The van der Waals surface area contributed by atoms with Crippen molar-refractivity contribution in [1.82, 2.24) is 0 Å². The summed E-state index contributed by atoms with van der Waals surface area (Å²) in [7, 11) is 0. The second-order valence-electron chi connectivity index (χ2n) is 8.18. The number of allylic oxidation sites excluding steroid dienone is 4. The van der Waals surface area contributed by atoms with Gasteiger partial charge in [-0.2, -0.15) is 0 Å². The molecule has 0 amide bonds. The molecule has 3 aliphatic rings. The summed E-state index contributed by atoms with van der Waals surface area (Å²) in [6.07, 6.45) is 3.81. The fourth-order valence-corrected chi connectivity index (χ4v) is 4.75. The van der Waals surface area contributed by atoms with Gasteiger partial charge in [-0.1, -0.05) is 36.4 Å². The van der Waals surface area contributed by atoms with E-state index in [1.165, 1.54) is 6.07 Å². The third-order valence-electron chi connectivity index (χ3n) is 6.21. The van der Waals surface area contributed by atoms with Gasteiger partial charge in [0, 0.05) is 48.0 Å². The molecule has 2 aromatic carbocycles. The van der Waals surface area contributed by atoms with Crippen molar-refractivity contribution in [3.63, 3.8) is 0 Å². The molecule has 2 aliphatic carbocycles. The van der Waals surface area contributed by atoms with Gasteiger partial charge in [0.2, 0.25) is 0 Å². The second kappa shape index (κ2) is 8.14. The molecule has 0 saturated carbocycles. The minimum absolute atomic E-state index is 0.0279. The molecule has 0 aromatic heterocycles. The Balaban J connectivity index is 1.58. The van der Waals surface area contributed by atoms with Gasteiger partial charge in [-0.15, -0.1) is 0 Å². The predicted octanol–water partition coefficient (Wildman–Crippen LogP) is 5.53. The van der Waals surface area contributed by atoms with E-state index in [-0.39, 0.29) is 24.0 Å². The highest BCUT2D eigenvalue weighted by Gasteiger charge is 2.42. The minimum Gasteiger partial charge on any atom is -0.488 e. The highest BCUT2D eigenvalue weighted by molar-refractivity contribution is 6.06. The molecular weight excluding hydrogens is 395 g/mol. The lowest BCUT2D eigenvalue weighted by molar-refractivity contribution is -0.117. The molecule has 2 aromatic rings. The molecule has 1 aliphatic heterocycles. The summed E-state index contributed by atoms with van der Waals surface area (Å²) in [5.74, 6) is 1.17. The van der Waals surface area contributed by atoms with Crippen LogP contribution in [-0.4, -0.2) is 11.6 Å². The smallest absolute Gasteiger partial charge is 0.163 e. The Labute approximate surface area is 180 Å². The van der Waals surface area contributed by atoms with Gasteiger partial charge in [0.1, 0.15) is 29.7 Å². The summed E-state index contributed by atoms with van der Waals surface area (Å²) < 4.78 is 26.2. The lowest BCUT2D eigenvalue weighted by atomic mass is 9.73. The summed E-state index contributed by atoms with van der Waals surface area (Å²) >= 11 is 0. The first-order valence-electron chi connectivity index (χ1n) is 10.8. The van der Waals surface area contributed by atoms with Crippen molar-refractivity contribution < 1.29 is 23.5 Å². The number of ether oxygens (including phenoxy) is 2. The highest BCUT2D eigenvalue weighted by atomic mass is 19.1. The maximum absolute atomic E-state index is 14.1. The molecule has 1 heterocycles. The summed E-state index contributed by atoms with van der Waals surface area (Å²) in [6.45, 7) is 0.0621. The van der Waals surface area contributed by atoms with E-state index < -0.39 is 5.92 Å². The van der Waals surface area contributed by atoms with Crippen LogP contribution in [0.1, 0.15) is 55.6 Å². The molecule has 5 heteroatoms. The highest BCUT2D eigenvalue weighted by Crippen LogP contribution is 2.49. The number of Topliss-reactive ketones (excluding diaryl/α,β-unsaturated/α-hetero) is 2. The fourth-order valence-electron chi connectivity index (χ4n) is 4.75. The first-order chi connectivity index (χ1) is 15.1. The Kier molecular flexibility index (Phi) is 5.18. The van der Waals surface area contributed by atoms with Crippen molar-refractivity contribution in [2.24, 2.45) is 0 Å². The topological polar surface area (TPSA) is 52.6 Å². The van der Waals surface area contributed by atoms with Crippen molar-refractivity contribution in [1.29, 1.82) is 0 Å². The molecule has 0 unspecified atom stereocenters. The van der Waals surface area contributed by atoms with Crippen molar-refractivity contribution in [2.45, 2.75) is 51.0 Å². The molecule has 4 nitrogen and oxygen atoms in total. The zero-order valence-corrected chi connectivity index (χ0v) is 17.2. The zero-order chi connectivity index (χ0) is 21.4. The Morgan fingerprint density at radius 2 is 1.45 bits per heavy atom. The summed E-state index contributed by atoms with van der Waals surface area (Å²) in [5.41, 5.74) is 2.38. The molecule has 0 radical (unpaired) electrons. The van der Waals surface area contributed by atoms with Crippen LogP contribution in [0.25, 0.3) is 0 Å². The van der Waals surface area contributed by atoms with Crippen LogP contribution < -0.4 is 4.74 Å². The van der Waals surface area contributed by atoms with Gasteiger partial charge in [0.25, 0.3) is 0 Å². The molecule has 0 spiro atoms. The molecule has 5 rings (SSSR count). The van der Waals surface area contributed by atoms with E-state index in [0.717, 1.165) is 18.4 Å². The largest absolute Gasteiger partial charge is 0.488 e. The van der Waals surface area contributed by atoms with Gasteiger partial charge in [0.05, 0.1) is 5.92 Å². The number of rotatable bonds is 4. The van der Waals surface area contributed by atoms with Crippen LogP contribution in [0.2, 0.25) is 0 Å². The monoisotopic (exact) mass is 418 g/mol. The zero-order valence-electron chi connectivity index (χ0n) is 17.2. The van der Waals surface area contributed by atoms with Gasteiger partial charge in [-0.25, -0.2) is 4.39 Å². The van der Waals surface area contributed by atoms with E-state index >= 15 is 0 Å². The van der Waals surface area contributed by atoms with Crippen LogP contribution in [0.3, 0.4) is 0 Å². The van der Waals surface area contributed by atoms with Gasteiger partial charge in [0.15, 0.2) is 11.6 Å². The molecule has 0 saturated heterocycles. The minimum atomic E-state index is -0.490. The molecule has 0 N–H and O–H groups in total. The first-order valence-corrected chi connectivity index (χ1v) is 10.8. The second-order valence-corrected chi connectivity index (χ2v) is 8.18. The maximum Gasteiger partial charge on any atom is 0.163 e. The Morgan fingerprint density at radius 1 is 0.839 bits per heavy atom. The van der Waals surface area contributed by atoms with Crippen molar-refractivity contribution >= 4 is 11.6 Å². The lowest BCUT2D eigenvalue weighted by Gasteiger charge is -2.36. The fraction of sp³-hybridized carbons (Fsp3) is 0.308. The molecule has 158 valence electrons. The number of halogens is 1. The third kappa shape index (κ3) is 3.58. The van der Waals surface area contributed by atoms with Crippen LogP contribution in [0.4, 0.5) is 4.39 Å². The molecule has 0 fully saturated rings. The van der Waals surface area contributed by atoms with Crippen LogP contribution in [-0.2, 0) is 20.9 Å². The van der Waals surface area contributed by atoms with Crippen molar-refractivity contribution in [3.05, 3.63) is 88.1 Å². The lowest BCUT2D eigenvalue weighted by Crippen LogP contribution is -2.30. The molecular formula is C26H23FO4. The molecule has 31 heavy (non-hydrogen) atoms. The van der Waals surface area contributed by atoms with Gasteiger partial charge in [-0.3, -0.25) is 9.59 Å². The molecule has 0 atom stereocenters. The Hall–Kier alpha value is -3.21. The summed E-state index contributed by atoms with van der Waals surface area (Å²) in [6, 6.07) is 13.9. The first kappa shape index (κ1) is 19.7. The van der Waals surface area contributed by atoms with Crippen molar-refractivity contribution in [2.75, 3.05) is 0 Å². The van der Waals surface area contributed by atoms with E-state index in [1.807, 2.05) is 24.3 Å². The average Bonchev–Trinajstić information content (AvgIpc) is 2.78. The number of ketones is 2. The van der Waals surface area contributed by atoms with Gasteiger partial charge >= 0.3 is 0 Å². The number of carbonyl (C=O) groups is 2. The van der Waals surface area contributed by atoms with Crippen LogP contribution in [0.15, 0.2) is 71.2 Å². The van der Waals surface area contributed by atoms with Gasteiger partial charge < -0.3 is 9.47 Å². The van der Waals surface area contributed by atoms with Gasteiger partial charge in [-0.05, 0) is 25.0 Å². The van der Waals surface area contributed by atoms with Crippen LogP contribution in [0.5, 0.6) is 5.75 Å². The number of para-hydroxylation sites is 1. The Morgan fingerprint density at radius 3 is 2.13 bits per heavy atom.